The number of hydrogen-bond donors (Lipinski definition) is 3. The van der Waals surface area contributed by atoms with Gasteiger partial charge in [-0.2, -0.15) is 0 Å². The molecule has 3 N–H and O–H groups in total. The van der Waals surface area contributed by atoms with Crippen molar-refractivity contribution >= 4 is 16.9 Å². The van der Waals surface area contributed by atoms with Gasteiger partial charge in [-0.25, -0.2) is 4.99 Å². The molecule has 1 aliphatic heterocycles. The molecule has 1 aliphatic rings. The lowest BCUT2D eigenvalue weighted by Gasteiger charge is -2.26. The van der Waals surface area contributed by atoms with Gasteiger partial charge in [0.05, 0.1) is 13.2 Å². The van der Waals surface area contributed by atoms with E-state index in [0.29, 0.717) is 6.54 Å². The molecule has 1 fully saturated rings. The second-order valence-corrected chi connectivity index (χ2v) is 8.16. The van der Waals surface area contributed by atoms with Crippen LogP contribution in [0.2, 0.25) is 0 Å². The smallest absolute Gasteiger partial charge is 0.191 e. The first-order valence-electron chi connectivity index (χ1n) is 11.4. The number of nitrogens with one attached hydrogen (secondary N) is 3. The summed E-state index contributed by atoms with van der Waals surface area (Å²) >= 11 is 0. The predicted molar refractivity (Wildman–Crippen MR) is 127 cm³/mol. The lowest BCUT2D eigenvalue weighted by atomic mass is 10.1. The molecule has 172 valence electrons. The van der Waals surface area contributed by atoms with Crippen LogP contribution in [0, 0.1) is 6.92 Å². The highest BCUT2D eigenvalue weighted by Crippen LogP contribution is 2.17. The van der Waals surface area contributed by atoms with Crippen LogP contribution in [-0.4, -0.2) is 76.5 Å². The van der Waals surface area contributed by atoms with E-state index in [1.54, 1.807) is 0 Å². The Morgan fingerprint density at radius 2 is 1.97 bits per heavy atom. The summed E-state index contributed by atoms with van der Waals surface area (Å²) in [4.78, 5) is 10.6. The van der Waals surface area contributed by atoms with Gasteiger partial charge in [-0.3, -0.25) is 4.90 Å². The largest absolute Gasteiger partial charge is 0.379 e. The van der Waals surface area contributed by atoms with E-state index in [-0.39, 0.29) is 0 Å². The van der Waals surface area contributed by atoms with E-state index in [0.717, 1.165) is 76.4 Å². The molecular formula is C23H34N8O. The zero-order valence-corrected chi connectivity index (χ0v) is 19.1. The normalized spacial score (nSPS) is 15.4. The molecule has 1 aromatic carbocycles. The van der Waals surface area contributed by atoms with E-state index in [1.165, 1.54) is 16.5 Å². The zero-order valence-electron chi connectivity index (χ0n) is 19.1. The van der Waals surface area contributed by atoms with E-state index in [9.17, 15) is 0 Å². The monoisotopic (exact) mass is 438 g/mol. The Morgan fingerprint density at radius 3 is 2.78 bits per heavy atom. The summed E-state index contributed by atoms with van der Waals surface area (Å²) < 4.78 is 7.41. The minimum atomic E-state index is 0.489. The quantitative estimate of drug-likeness (QED) is 0.267. The van der Waals surface area contributed by atoms with Crippen molar-refractivity contribution in [3.63, 3.8) is 0 Å². The molecule has 0 bridgehead atoms. The summed E-state index contributed by atoms with van der Waals surface area (Å²) in [5.74, 6) is 2.56. The second-order valence-electron chi connectivity index (χ2n) is 8.16. The maximum atomic E-state index is 5.43. The molecule has 0 aliphatic carbocycles. The van der Waals surface area contributed by atoms with Crippen LogP contribution >= 0.6 is 0 Å². The molecule has 0 unspecified atom stereocenters. The number of ether oxygens (including phenoxy) is 1. The number of hydrogen-bond acceptors (Lipinski definition) is 5. The van der Waals surface area contributed by atoms with Crippen molar-refractivity contribution in [2.24, 2.45) is 12.0 Å². The number of nitrogens with zero attached hydrogens (tertiary/aromatic N) is 5. The van der Waals surface area contributed by atoms with Crippen LogP contribution in [0.4, 0.5) is 0 Å². The number of aliphatic imine (C=N–C) groups is 1. The van der Waals surface area contributed by atoms with E-state index < -0.39 is 0 Å². The zero-order chi connectivity index (χ0) is 22.2. The summed E-state index contributed by atoms with van der Waals surface area (Å²) in [6, 6.07) is 8.41. The Hall–Kier alpha value is -2.91. The molecule has 1 saturated heterocycles. The number of aryl methyl sites for hydroxylation is 1. The molecule has 0 radical (unpaired) electrons. The standard InChI is InChI=1S/C23H34N8O/c1-18-28-29-22(30(18)2)17-27-23(24-9-5-11-31-12-14-32-15-13-31)25-10-8-19-16-26-21-7-4-3-6-20(19)21/h3-4,6-7,16,26H,5,8-15,17H2,1-2H3,(H2,24,25,27). The van der Waals surface area contributed by atoms with Gasteiger partial charge in [0.25, 0.3) is 0 Å². The number of rotatable bonds is 9. The van der Waals surface area contributed by atoms with Crippen molar-refractivity contribution in [2.75, 3.05) is 45.9 Å². The van der Waals surface area contributed by atoms with Gasteiger partial charge in [-0.15, -0.1) is 10.2 Å². The summed E-state index contributed by atoms with van der Waals surface area (Å²) in [6.07, 6.45) is 4.08. The topological polar surface area (TPSA) is 95.4 Å². The van der Waals surface area contributed by atoms with Crippen LogP contribution in [0.25, 0.3) is 10.9 Å². The van der Waals surface area contributed by atoms with Crippen molar-refractivity contribution in [3.05, 3.63) is 47.7 Å². The molecule has 4 rings (SSSR count). The minimum Gasteiger partial charge on any atom is -0.379 e. The predicted octanol–water partition coefficient (Wildman–Crippen LogP) is 1.61. The fourth-order valence-electron chi connectivity index (χ4n) is 3.90. The Balaban J connectivity index is 1.31. The number of aromatic nitrogens is 4. The minimum absolute atomic E-state index is 0.489. The van der Waals surface area contributed by atoms with Crippen LogP contribution < -0.4 is 10.6 Å². The molecule has 2 aromatic heterocycles. The first-order valence-corrected chi connectivity index (χ1v) is 11.4. The highest BCUT2D eigenvalue weighted by molar-refractivity contribution is 5.83. The molecule has 3 heterocycles. The average molecular weight is 439 g/mol. The Bertz CT molecular complexity index is 1020. The van der Waals surface area contributed by atoms with Crippen LogP contribution in [0.15, 0.2) is 35.5 Å². The maximum absolute atomic E-state index is 5.43. The molecule has 32 heavy (non-hydrogen) atoms. The summed E-state index contributed by atoms with van der Waals surface area (Å²) in [5, 5.41) is 16.6. The first-order chi connectivity index (χ1) is 15.7. The van der Waals surface area contributed by atoms with E-state index in [1.807, 2.05) is 18.5 Å². The molecule has 9 nitrogen and oxygen atoms in total. The third kappa shape index (κ3) is 5.86. The Labute approximate surface area is 189 Å². The molecular weight excluding hydrogens is 404 g/mol. The second kappa shape index (κ2) is 11.1. The van der Waals surface area contributed by atoms with Gasteiger partial charge in [0.15, 0.2) is 11.8 Å². The van der Waals surface area contributed by atoms with Gasteiger partial charge >= 0.3 is 0 Å². The van der Waals surface area contributed by atoms with E-state index in [4.69, 9.17) is 9.73 Å². The number of H-pyrrole nitrogens is 1. The number of guanidine groups is 1. The van der Waals surface area contributed by atoms with Gasteiger partial charge in [0, 0.05) is 50.3 Å². The fourth-order valence-corrected chi connectivity index (χ4v) is 3.90. The van der Waals surface area contributed by atoms with Crippen molar-refractivity contribution in [2.45, 2.75) is 26.3 Å². The summed E-state index contributed by atoms with van der Waals surface area (Å²) in [7, 11) is 1.97. The first kappa shape index (κ1) is 22.3. The van der Waals surface area contributed by atoms with E-state index in [2.05, 4.69) is 61.2 Å². The third-order valence-corrected chi connectivity index (χ3v) is 5.97. The van der Waals surface area contributed by atoms with Crippen LogP contribution in [0.3, 0.4) is 0 Å². The summed E-state index contributed by atoms with van der Waals surface area (Å²) in [5.41, 5.74) is 2.49. The number of benzene rings is 1. The average Bonchev–Trinajstić information content (AvgIpc) is 3.38. The van der Waals surface area contributed by atoms with Crippen LogP contribution in [-0.2, 0) is 24.8 Å². The Kier molecular flexibility index (Phi) is 7.73. The molecule has 0 amide bonds. The van der Waals surface area contributed by atoms with Crippen molar-refractivity contribution in [3.8, 4) is 0 Å². The van der Waals surface area contributed by atoms with Gasteiger partial charge in [0.2, 0.25) is 0 Å². The Morgan fingerprint density at radius 1 is 1.16 bits per heavy atom. The molecule has 0 saturated carbocycles. The molecule has 3 aromatic rings. The van der Waals surface area contributed by atoms with Crippen LogP contribution in [0.5, 0.6) is 0 Å². The number of morpholine rings is 1. The number of para-hydroxylation sites is 1. The lowest BCUT2D eigenvalue weighted by molar-refractivity contribution is 0.0376. The maximum Gasteiger partial charge on any atom is 0.191 e. The van der Waals surface area contributed by atoms with Crippen molar-refractivity contribution < 1.29 is 4.74 Å². The number of aromatic amines is 1. The fraction of sp³-hybridized carbons (Fsp3) is 0.522. The molecule has 0 spiro atoms. The third-order valence-electron chi connectivity index (χ3n) is 5.97. The lowest BCUT2D eigenvalue weighted by Crippen LogP contribution is -2.41. The van der Waals surface area contributed by atoms with Crippen LogP contribution in [0.1, 0.15) is 23.6 Å². The molecule has 9 heteroatoms. The van der Waals surface area contributed by atoms with Gasteiger partial charge < -0.3 is 24.9 Å². The SMILES string of the molecule is Cc1nnc(CN=C(NCCCN2CCOCC2)NCCc2c[nH]c3ccccc23)n1C. The van der Waals surface area contributed by atoms with Crippen molar-refractivity contribution in [1.29, 1.82) is 0 Å². The van der Waals surface area contributed by atoms with Gasteiger partial charge in [-0.05, 0) is 37.9 Å². The highest BCUT2D eigenvalue weighted by atomic mass is 16.5. The highest BCUT2D eigenvalue weighted by Gasteiger charge is 2.10. The van der Waals surface area contributed by atoms with Gasteiger partial charge in [0.1, 0.15) is 12.4 Å². The molecule has 0 atom stereocenters. The van der Waals surface area contributed by atoms with E-state index >= 15 is 0 Å². The number of fused-ring (bicyclic) bond motifs is 1. The van der Waals surface area contributed by atoms with Gasteiger partial charge in [-0.1, -0.05) is 18.2 Å². The summed E-state index contributed by atoms with van der Waals surface area (Å²) in [6.45, 7) is 8.90. The van der Waals surface area contributed by atoms with Crippen molar-refractivity contribution in [1.82, 2.24) is 35.3 Å².